The summed E-state index contributed by atoms with van der Waals surface area (Å²) < 4.78 is 14.2. The smallest absolute Gasteiger partial charge is 0.125 e. The fourth-order valence-electron chi connectivity index (χ4n) is 1.19. The summed E-state index contributed by atoms with van der Waals surface area (Å²) in [6, 6.07) is 6.34. The summed E-state index contributed by atoms with van der Waals surface area (Å²) in [6.07, 6.45) is 1.69. The first-order valence-corrected chi connectivity index (χ1v) is 3.50. The van der Waals surface area contributed by atoms with Crippen LogP contribution in [0.25, 0.3) is 10.9 Å². The van der Waals surface area contributed by atoms with Gasteiger partial charge in [0.25, 0.3) is 0 Å². The van der Waals surface area contributed by atoms with Gasteiger partial charge in [-0.1, -0.05) is 0 Å². The Kier molecular flexibility index (Phi) is 2.95. The number of benzene rings is 1. The predicted octanol–water partition coefficient (Wildman–Crippen LogP) is 2.00. The quantitative estimate of drug-likeness (QED) is 0.674. The molecule has 0 aliphatic heterocycles. The first kappa shape index (κ1) is 10.1. The van der Waals surface area contributed by atoms with E-state index < -0.39 is 0 Å². The van der Waals surface area contributed by atoms with E-state index in [4.69, 9.17) is 4.84 Å². The van der Waals surface area contributed by atoms with Crippen LogP contribution in [0.2, 0.25) is 0 Å². The van der Waals surface area contributed by atoms with Crippen LogP contribution in [0.3, 0.4) is 0 Å². The Bertz CT molecular complexity index is 413. The van der Waals surface area contributed by atoms with E-state index in [9.17, 15) is 4.39 Å². The zero-order chi connectivity index (χ0) is 8.55. The molecule has 2 aromatic rings. The second-order valence-electron chi connectivity index (χ2n) is 2.47. The maximum Gasteiger partial charge on any atom is 0.125 e. The van der Waals surface area contributed by atoms with Crippen molar-refractivity contribution in [1.82, 2.24) is 4.73 Å². The van der Waals surface area contributed by atoms with Crippen molar-refractivity contribution in [3.63, 3.8) is 0 Å². The molecule has 0 fully saturated rings. The van der Waals surface area contributed by atoms with Gasteiger partial charge in [-0.2, -0.15) is 0 Å². The summed E-state index contributed by atoms with van der Waals surface area (Å²) in [5, 5.41) is 0.931. The fraction of sp³-hybridized carbons (Fsp3) is 0. The molecule has 2 nitrogen and oxygen atoms in total. The summed E-state index contributed by atoms with van der Waals surface area (Å²) in [7, 11) is 3.25. The molecule has 4 heteroatoms. The van der Waals surface area contributed by atoms with Crippen LogP contribution in [0.5, 0.6) is 0 Å². The van der Waals surface area contributed by atoms with Crippen molar-refractivity contribution < 1.29 is 26.0 Å². The van der Waals surface area contributed by atoms with Crippen LogP contribution in [-0.2, 0) is 16.8 Å². The average Bonchev–Trinajstić information content (AvgIpc) is 2.46. The first-order valence-electron chi connectivity index (χ1n) is 3.50. The van der Waals surface area contributed by atoms with Crippen LogP contribution in [0.4, 0.5) is 4.39 Å². The molecule has 71 valence electrons. The monoisotopic (exact) mass is 223 g/mol. The SMILES string of the molecule is [CH2-]On1ccc2ccc(F)cc21.[Co]. The van der Waals surface area contributed by atoms with E-state index in [1.165, 1.54) is 16.9 Å². The molecular weight excluding hydrogens is 216 g/mol. The van der Waals surface area contributed by atoms with Crippen LogP contribution in [-0.4, -0.2) is 4.73 Å². The van der Waals surface area contributed by atoms with Crippen LogP contribution >= 0.6 is 0 Å². The predicted molar refractivity (Wildman–Crippen MR) is 43.8 cm³/mol. The number of hydrogen-bond acceptors (Lipinski definition) is 1. The molecule has 13 heavy (non-hydrogen) atoms. The van der Waals surface area contributed by atoms with Gasteiger partial charge in [-0.25, -0.2) is 9.12 Å². The number of halogens is 1. The third kappa shape index (κ3) is 1.68. The molecule has 2 rings (SSSR count). The molecule has 0 saturated heterocycles. The van der Waals surface area contributed by atoms with Gasteiger partial charge < -0.3 is 4.84 Å². The molecule has 0 aliphatic carbocycles. The Morgan fingerprint density at radius 1 is 1.31 bits per heavy atom. The molecule has 0 bridgehead atoms. The summed E-state index contributed by atoms with van der Waals surface area (Å²) in [4.78, 5) is 4.72. The third-order valence-electron chi connectivity index (χ3n) is 1.76. The molecule has 0 spiro atoms. The van der Waals surface area contributed by atoms with Gasteiger partial charge in [0, 0.05) is 34.4 Å². The van der Waals surface area contributed by atoms with Crippen LogP contribution in [0.1, 0.15) is 0 Å². The first-order chi connectivity index (χ1) is 5.81. The molecule has 1 aromatic carbocycles. The normalized spacial score (nSPS) is 9.69. The summed E-state index contributed by atoms with van der Waals surface area (Å²) in [6.45, 7) is 0. The topological polar surface area (TPSA) is 14.2 Å². The Balaban J connectivity index is 0.000000845. The average molecular weight is 223 g/mol. The summed E-state index contributed by atoms with van der Waals surface area (Å²) in [5.74, 6) is -0.278. The van der Waals surface area contributed by atoms with E-state index in [-0.39, 0.29) is 22.6 Å². The van der Waals surface area contributed by atoms with Gasteiger partial charge >= 0.3 is 0 Å². The Morgan fingerprint density at radius 3 is 2.77 bits per heavy atom. The molecule has 0 unspecified atom stereocenters. The van der Waals surface area contributed by atoms with Crippen LogP contribution in [0.15, 0.2) is 30.5 Å². The second-order valence-corrected chi connectivity index (χ2v) is 2.47. The van der Waals surface area contributed by atoms with Gasteiger partial charge in [-0.15, -0.1) is 7.11 Å². The van der Waals surface area contributed by atoms with Gasteiger partial charge in [-0.3, -0.25) is 0 Å². The standard InChI is InChI=1S/C9H7FNO.Co/c1-12-11-5-4-7-2-3-8(10)6-9(7)11;/h2-6H,1H2;/q-1;. The van der Waals surface area contributed by atoms with Crippen molar-refractivity contribution in [2.45, 2.75) is 0 Å². The van der Waals surface area contributed by atoms with E-state index in [1.807, 2.05) is 6.07 Å². The maximum absolute atomic E-state index is 12.7. The molecule has 1 aromatic heterocycles. The van der Waals surface area contributed by atoms with Gasteiger partial charge in [-0.05, 0) is 18.2 Å². The zero-order valence-corrected chi connectivity index (χ0v) is 7.70. The molecule has 0 amide bonds. The zero-order valence-electron chi connectivity index (χ0n) is 6.66. The molecular formula is C9H7CoFNO-. The number of fused-ring (bicyclic) bond motifs is 1. The Labute approximate surface area is 85.5 Å². The molecule has 1 heterocycles. The number of rotatable bonds is 1. The number of hydrogen-bond donors (Lipinski definition) is 0. The van der Waals surface area contributed by atoms with Crippen molar-refractivity contribution in [2.75, 3.05) is 0 Å². The van der Waals surface area contributed by atoms with Gasteiger partial charge in [0.05, 0.1) is 5.52 Å². The van der Waals surface area contributed by atoms with Gasteiger partial charge in [0.2, 0.25) is 0 Å². The van der Waals surface area contributed by atoms with E-state index in [1.54, 1.807) is 12.3 Å². The van der Waals surface area contributed by atoms with Crippen LogP contribution in [0, 0.1) is 12.9 Å². The number of nitrogens with zero attached hydrogens (tertiary/aromatic N) is 1. The summed E-state index contributed by atoms with van der Waals surface area (Å²) >= 11 is 0. The minimum atomic E-state index is -0.278. The minimum absolute atomic E-state index is 0. The molecule has 0 saturated carbocycles. The van der Waals surface area contributed by atoms with Crippen molar-refractivity contribution in [3.05, 3.63) is 43.4 Å². The van der Waals surface area contributed by atoms with Gasteiger partial charge in [0.1, 0.15) is 5.82 Å². The molecule has 0 atom stereocenters. The summed E-state index contributed by atoms with van der Waals surface area (Å²) in [5.41, 5.74) is 0.685. The van der Waals surface area contributed by atoms with Gasteiger partial charge in [0.15, 0.2) is 0 Å². The molecule has 1 radical (unpaired) electrons. The fourth-order valence-corrected chi connectivity index (χ4v) is 1.19. The Hall–Kier alpha value is -1.00. The Morgan fingerprint density at radius 2 is 2.08 bits per heavy atom. The largest absolute Gasteiger partial charge is 0.585 e. The van der Waals surface area contributed by atoms with E-state index in [2.05, 4.69) is 7.11 Å². The third-order valence-corrected chi connectivity index (χ3v) is 1.76. The van der Waals surface area contributed by atoms with E-state index >= 15 is 0 Å². The van der Waals surface area contributed by atoms with Crippen LogP contribution < -0.4 is 4.84 Å². The molecule has 0 N–H and O–H groups in total. The van der Waals surface area contributed by atoms with E-state index in [0.29, 0.717) is 5.52 Å². The van der Waals surface area contributed by atoms with E-state index in [0.717, 1.165) is 5.39 Å². The van der Waals surface area contributed by atoms with Crippen molar-refractivity contribution in [3.8, 4) is 0 Å². The maximum atomic E-state index is 12.7. The minimum Gasteiger partial charge on any atom is -0.585 e. The second kappa shape index (κ2) is 3.80. The number of aromatic nitrogens is 1. The van der Waals surface area contributed by atoms with Crippen molar-refractivity contribution >= 4 is 10.9 Å². The van der Waals surface area contributed by atoms with Crippen molar-refractivity contribution in [1.29, 1.82) is 0 Å². The van der Waals surface area contributed by atoms with Crippen molar-refractivity contribution in [2.24, 2.45) is 0 Å². The molecule has 0 aliphatic rings.